The molecule has 9 heteroatoms. The Morgan fingerprint density at radius 1 is 1.24 bits per heavy atom. The largest absolute Gasteiger partial charge is 0.480 e. The van der Waals surface area contributed by atoms with Crippen LogP contribution in [0.1, 0.15) is 6.42 Å². The van der Waals surface area contributed by atoms with Crippen LogP contribution in [-0.2, 0) is 14.3 Å². The number of amides is 3. The average Bonchev–Trinajstić information content (AvgIpc) is 2.88. The molecule has 2 aliphatic rings. The minimum Gasteiger partial charge on any atom is -0.480 e. The minimum atomic E-state index is -1.16. The Kier molecular flexibility index (Phi) is 4.63. The first-order chi connectivity index (χ1) is 9.95. The summed E-state index contributed by atoms with van der Waals surface area (Å²) in [4.78, 5) is 37.9. The number of hydrogen-bond donors (Lipinski definition) is 3. The summed E-state index contributed by atoms with van der Waals surface area (Å²) in [6, 6.07) is -2.42. The number of β-amino-alcohol motifs (C(OH)–C–C–N with tert-alkyl or cyclic N) is 1. The van der Waals surface area contributed by atoms with E-state index in [9.17, 15) is 19.5 Å². The first kappa shape index (κ1) is 15.5. The minimum absolute atomic E-state index is 0.00391. The number of aliphatic carboxylic acids is 1. The van der Waals surface area contributed by atoms with Crippen molar-refractivity contribution in [2.45, 2.75) is 24.6 Å². The predicted molar refractivity (Wildman–Crippen MR) is 69.5 cm³/mol. The van der Waals surface area contributed by atoms with Crippen LogP contribution in [0.2, 0.25) is 0 Å². The van der Waals surface area contributed by atoms with Crippen molar-refractivity contribution in [2.75, 3.05) is 33.4 Å². The highest BCUT2D eigenvalue weighted by Crippen LogP contribution is 2.22. The van der Waals surface area contributed by atoms with Gasteiger partial charge in [-0.2, -0.15) is 0 Å². The van der Waals surface area contributed by atoms with Gasteiger partial charge in [-0.3, -0.25) is 4.79 Å². The highest BCUT2D eigenvalue weighted by Gasteiger charge is 2.43. The van der Waals surface area contributed by atoms with Crippen molar-refractivity contribution in [1.29, 1.82) is 0 Å². The van der Waals surface area contributed by atoms with Gasteiger partial charge in [0.1, 0.15) is 12.1 Å². The van der Waals surface area contributed by atoms with Crippen molar-refractivity contribution in [2.24, 2.45) is 0 Å². The highest BCUT2D eigenvalue weighted by molar-refractivity contribution is 5.89. The molecule has 0 radical (unpaired) electrons. The van der Waals surface area contributed by atoms with Crippen LogP contribution in [0.25, 0.3) is 0 Å². The molecule has 0 aromatic carbocycles. The summed E-state index contributed by atoms with van der Waals surface area (Å²) < 4.78 is 5.20. The molecule has 2 aliphatic heterocycles. The van der Waals surface area contributed by atoms with E-state index < -0.39 is 30.2 Å². The lowest BCUT2D eigenvalue weighted by atomic mass is 10.2. The van der Waals surface area contributed by atoms with Gasteiger partial charge in [0.25, 0.3) is 0 Å². The van der Waals surface area contributed by atoms with Crippen molar-refractivity contribution >= 4 is 17.9 Å². The summed E-state index contributed by atoms with van der Waals surface area (Å²) in [6.07, 6.45) is -0.870. The molecule has 2 unspecified atom stereocenters. The maximum absolute atomic E-state index is 12.5. The quantitative estimate of drug-likeness (QED) is 0.546. The maximum Gasteiger partial charge on any atom is 0.326 e. The van der Waals surface area contributed by atoms with E-state index in [0.29, 0.717) is 0 Å². The fourth-order valence-corrected chi connectivity index (χ4v) is 2.64. The Balaban J connectivity index is 2.16. The number of aliphatic hydroxyl groups is 1. The molecule has 3 atom stereocenters. The van der Waals surface area contributed by atoms with E-state index >= 15 is 0 Å². The fraction of sp³-hybridized carbons (Fsp3) is 0.750. The molecule has 3 N–H and O–H groups in total. The summed E-state index contributed by atoms with van der Waals surface area (Å²) in [5.74, 6) is -1.53. The molecular formula is C12H19N3O6. The molecular weight excluding hydrogens is 282 g/mol. The van der Waals surface area contributed by atoms with E-state index in [1.165, 1.54) is 11.9 Å². The molecule has 21 heavy (non-hydrogen) atoms. The fourth-order valence-electron chi connectivity index (χ4n) is 2.64. The van der Waals surface area contributed by atoms with E-state index in [1.54, 1.807) is 0 Å². The van der Waals surface area contributed by atoms with Crippen LogP contribution in [0.3, 0.4) is 0 Å². The van der Waals surface area contributed by atoms with Crippen LogP contribution in [0.5, 0.6) is 0 Å². The number of aliphatic hydroxyl groups excluding tert-OH is 1. The van der Waals surface area contributed by atoms with Gasteiger partial charge in [0.15, 0.2) is 0 Å². The zero-order valence-corrected chi connectivity index (χ0v) is 11.7. The predicted octanol–water partition coefficient (Wildman–Crippen LogP) is -1.93. The summed E-state index contributed by atoms with van der Waals surface area (Å²) >= 11 is 0. The van der Waals surface area contributed by atoms with Crippen molar-refractivity contribution in [3.05, 3.63) is 0 Å². The van der Waals surface area contributed by atoms with E-state index in [1.807, 2.05) is 0 Å². The van der Waals surface area contributed by atoms with Gasteiger partial charge < -0.3 is 30.1 Å². The Bertz CT molecular complexity index is 443. The van der Waals surface area contributed by atoms with Gasteiger partial charge in [-0.1, -0.05) is 0 Å². The molecule has 2 fully saturated rings. The molecule has 9 nitrogen and oxygen atoms in total. The number of carboxylic acid groups (broad SMARTS) is 1. The number of nitrogens with one attached hydrogen (secondary N) is 1. The number of likely N-dealkylation sites (tertiary alicyclic amines) is 1. The van der Waals surface area contributed by atoms with Crippen LogP contribution in [0, 0.1) is 0 Å². The monoisotopic (exact) mass is 301 g/mol. The van der Waals surface area contributed by atoms with Gasteiger partial charge in [0.05, 0.1) is 19.3 Å². The number of carbonyl (C=O) groups is 3. The summed E-state index contributed by atoms with van der Waals surface area (Å²) in [7, 11) is 1.46. The second-order valence-electron chi connectivity index (χ2n) is 5.08. The molecule has 0 bridgehead atoms. The lowest BCUT2D eigenvalue weighted by molar-refractivity contribution is -0.141. The second-order valence-corrected chi connectivity index (χ2v) is 5.08. The highest BCUT2D eigenvalue weighted by atomic mass is 16.5. The third-order valence-corrected chi connectivity index (χ3v) is 3.73. The number of rotatable bonds is 2. The molecule has 0 aromatic rings. The number of hydrogen-bond acceptors (Lipinski definition) is 5. The van der Waals surface area contributed by atoms with Gasteiger partial charge >= 0.3 is 12.0 Å². The lowest BCUT2D eigenvalue weighted by Gasteiger charge is -2.37. The summed E-state index contributed by atoms with van der Waals surface area (Å²) in [5.41, 5.74) is 0. The van der Waals surface area contributed by atoms with Crippen molar-refractivity contribution in [1.82, 2.24) is 15.1 Å². The zero-order valence-electron chi connectivity index (χ0n) is 11.7. The Labute approximate surface area is 121 Å². The number of carboxylic acids is 1. The van der Waals surface area contributed by atoms with Gasteiger partial charge in [-0.15, -0.1) is 0 Å². The Morgan fingerprint density at radius 3 is 2.57 bits per heavy atom. The molecule has 2 rings (SSSR count). The van der Waals surface area contributed by atoms with E-state index in [4.69, 9.17) is 9.84 Å². The van der Waals surface area contributed by atoms with Crippen LogP contribution >= 0.6 is 0 Å². The maximum atomic E-state index is 12.5. The third kappa shape index (κ3) is 3.08. The van der Waals surface area contributed by atoms with E-state index in [-0.39, 0.29) is 38.6 Å². The molecule has 0 saturated carbocycles. The van der Waals surface area contributed by atoms with Crippen LogP contribution in [0.15, 0.2) is 0 Å². The first-order valence-electron chi connectivity index (χ1n) is 6.73. The van der Waals surface area contributed by atoms with Crippen molar-refractivity contribution < 1.29 is 29.3 Å². The normalized spacial score (nSPS) is 29.3. The summed E-state index contributed by atoms with van der Waals surface area (Å²) in [6.45, 7) is 0.510. The first-order valence-corrected chi connectivity index (χ1v) is 6.73. The van der Waals surface area contributed by atoms with Gasteiger partial charge in [-0.05, 0) is 0 Å². The van der Waals surface area contributed by atoms with Crippen molar-refractivity contribution in [3.63, 3.8) is 0 Å². The Hall–Kier alpha value is -1.87. The second kappa shape index (κ2) is 6.27. The smallest absolute Gasteiger partial charge is 0.326 e. The number of morpholine rings is 1. The van der Waals surface area contributed by atoms with Crippen molar-refractivity contribution in [3.8, 4) is 0 Å². The average molecular weight is 301 g/mol. The van der Waals surface area contributed by atoms with E-state index in [0.717, 1.165) is 4.90 Å². The van der Waals surface area contributed by atoms with Gasteiger partial charge in [0, 0.05) is 26.6 Å². The topological polar surface area (TPSA) is 119 Å². The number of ether oxygens (including phenoxy) is 1. The molecule has 0 aromatic heterocycles. The summed E-state index contributed by atoms with van der Waals surface area (Å²) in [5, 5.41) is 21.2. The molecule has 3 amide bonds. The number of urea groups is 1. The molecule has 2 heterocycles. The zero-order chi connectivity index (χ0) is 15.6. The number of likely N-dealkylation sites (N-methyl/N-ethyl adjacent to an activating group) is 1. The lowest BCUT2D eigenvalue weighted by Crippen LogP contribution is -2.59. The molecule has 118 valence electrons. The third-order valence-electron chi connectivity index (χ3n) is 3.73. The van der Waals surface area contributed by atoms with Gasteiger partial charge in [-0.25, -0.2) is 9.59 Å². The Morgan fingerprint density at radius 2 is 1.95 bits per heavy atom. The number of carbonyl (C=O) groups excluding carboxylic acids is 2. The molecule has 0 aliphatic carbocycles. The molecule has 2 saturated heterocycles. The SMILES string of the molecule is CNC(=O)C1COCCN1C(=O)N1CC(O)C[C@H]1C(=O)O. The molecule has 0 spiro atoms. The van der Waals surface area contributed by atoms with Crippen LogP contribution < -0.4 is 5.32 Å². The van der Waals surface area contributed by atoms with Gasteiger partial charge in [0.2, 0.25) is 5.91 Å². The van der Waals surface area contributed by atoms with E-state index in [2.05, 4.69) is 5.32 Å². The van der Waals surface area contributed by atoms with Crippen LogP contribution in [-0.4, -0.2) is 89.5 Å². The standard InChI is InChI=1S/C12H19N3O6/c1-13-10(17)9-6-21-3-2-14(9)12(20)15-5-7(16)4-8(15)11(18)19/h7-9,16H,2-6H2,1H3,(H,13,17)(H,18,19)/t7?,8-,9?/m0/s1. The van der Waals surface area contributed by atoms with Crippen LogP contribution in [0.4, 0.5) is 4.79 Å². The number of nitrogens with zero attached hydrogens (tertiary/aromatic N) is 2.